The predicted octanol–water partition coefficient (Wildman–Crippen LogP) is 2.04. The van der Waals surface area contributed by atoms with Crippen LogP contribution in [0.1, 0.15) is 51.4 Å². The van der Waals surface area contributed by atoms with Crippen molar-refractivity contribution in [3.8, 4) is 0 Å². The molecule has 4 bridgehead atoms. The minimum absolute atomic E-state index is 0.0347. The number of carbonyl (C=O) groups excluding carboxylic acids is 1. The maximum absolute atomic E-state index is 12.7. The zero-order chi connectivity index (χ0) is 14.0. The van der Waals surface area contributed by atoms with Gasteiger partial charge in [-0.1, -0.05) is 0 Å². The molecule has 4 nitrogen and oxygen atoms in total. The zero-order valence-corrected chi connectivity index (χ0v) is 12.2. The number of esters is 1. The first-order valence-corrected chi connectivity index (χ1v) is 8.02. The monoisotopic (exact) mass is 280 g/mol. The molecule has 0 amide bonds. The number of rotatable bonds is 2. The van der Waals surface area contributed by atoms with Crippen molar-refractivity contribution in [1.29, 1.82) is 0 Å². The molecule has 1 saturated heterocycles. The lowest BCUT2D eigenvalue weighted by Crippen LogP contribution is -2.54. The van der Waals surface area contributed by atoms with Crippen LogP contribution in [0.25, 0.3) is 0 Å². The van der Waals surface area contributed by atoms with Gasteiger partial charge in [0.2, 0.25) is 0 Å². The van der Waals surface area contributed by atoms with Gasteiger partial charge in [0.25, 0.3) is 0 Å². The first kappa shape index (κ1) is 13.1. The highest BCUT2D eigenvalue weighted by Crippen LogP contribution is 2.71. The Hall–Kier alpha value is -0.610. The minimum atomic E-state index is -0.495. The molecule has 0 radical (unpaired) electrons. The Morgan fingerprint density at radius 2 is 1.90 bits per heavy atom. The summed E-state index contributed by atoms with van der Waals surface area (Å²) in [6, 6.07) is 0. The summed E-state index contributed by atoms with van der Waals surface area (Å²) in [4.78, 5) is 12.7. The van der Waals surface area contributed by atoms with E-state index >= 15 is 0 Å². The Balaban J connectivity index is 1.87. The van der Waals surface area contributed by atoms with Crippen LogP contribution in [0.2, 0.25) is 0 Å². The normalized spacial score (nSPS) is 52.7. The molecule has 4 aliphatic rings. The van der Waals surface area contributed by atoms with Crippen LogP contribution in [0.4, 0.5) is 0 Å². The molecule has 0 aromatic carbocycles. The summed E-state index contributed by atoms with van der Waals surface area (Å²) in [7, 11) is 1.50. The third kappa shape index (κ3) is 1.24. The first-order chi connectivity index (χ1) is 9.62. The molecule has 2 atom stereocenters. The summed E-state index contributed by atoms with van der Waals surface area (Å²) in [5.74, 6) is 0.877. The molecule has 0 aromatic heterocycles. The Morgan fingerprint density at radius 1 is 1.25 bits per heavy atom. The van der Waals surface area contributed by atoms with Crippen LogP contribution in [0, 0.1) is 17.3 Å². The fourth-order valence-electron chi connectivity index (χ4n) is 6.24. The number of methoxy groups -OCH3 is 1. The van der Waals surface area contributed by atoms with Gasteiger partial charge in [0.15, 0.2) is 0 Å². The molecule has 1 aliphatic heterocycles. The highest BCUT2D eigenvalue weighted by molar-refractivity contribution is 5.80. The molecule has 4 rings (SSSR count). The lowest BCUT2D eigenvalue weighted by molar-refractivity contribution is -0.182. The predicted molar refractivity (Wildman–Crippen MR) is 72.0 cm³/mol. The largest absolute Gasteiger partial charge is 0.469 e. The van der Waals surface area contributed by atoms with Crippen LogP contribution in [0.15, 0.2) is 0 Å². The van der Waals surface area contributed by atoms with Crippen molar-refractivity contribution >= 4 is 5.97 Å². The Bertz CT molecular complexity index is 428. The van der Waals surface area contributed by atoms with Gasteiger partial charge in [-0.25, -0.2) is 0 Å². The SMILES string of the molecule is COC(=O)[C@@]12CCC[C@@](CO)(C1)OC21C2CCC1CC2. The van der Waals surface area contributed by atoms with Crippen LogP contribution in [-0.2, 0) is 14.3 Å². The summed E-state index contributed by atoms with van der Waals surface area (Å²) < 4.78 is 11.8. The van der Waals surface area contributed by atoms with Crippen molar-refractivity contribution in [2.75, 3.05) is 13.7 Å². The van der Waals surface area contributed by atoms with E-state index in [1.165, 1.54) is 32.8 Å². The van der Waals surface area contributed by atoms with E-state index in [0.717, 1.165) is 19.3 Å². The van der Waals surface area contributed by atoms with Crippen molar-refractivity contribution < 1.29 is 19.4 Å². The number of carbonyl (C=O) groups is 1. The second kappa shape index (κ2) is 3.98. The van der Waals surface area contributed by atoms with Gasteiger partial charge in [0.1, 0.15) is 5.41 Å². The molecular weight excluding hydrogens is 256 g/mol. The lowest BCUT2D eigenvalue weighted by atomic mass is 9.59. The van der Waals surface area contributed by atoms with Crippen LogP contribution >= 0.6 is 0 Å². The van der Waals surface area contributed by atoms with E-state index < -0.39 is 11.0 Å². The highest BCUT2D eigenvalue weighted by Gasteiger charge is 2.77. The van der Waals surface area contributed by atoms with E-state index in [1.807, 2.05) is 0 Å². The van der Waals surface area contributed by atoms with Crippen molar-refractivity contribution in [2.45, 2.75) is 62.6 Å². The summed E-state index contributed by atoms with van der Waals surface area (Å²) in [5, 5.41) is 9.90. The molecule has 1 N–H and O–H groups in total. The topological polar surface area (TPSA) is 55.8 Å². The third-order valence-electron chi connectivity index (χ3n) is 6.80. The molecule has 4 fully saturated rings. The van der Waals surface area contributed by atoms with Crippen molar-refractivity contribution in [2.24, 2.45) is 17.3 Å². The molecule has 3 saturated carbocycles. The average molecular weight is 280 g/mol. The van der Waals surface area contributed by atoms with E-state index in [2.05, 4.69) is 0 Å². The smallest absolute Gasteiger partial charge is 0.314 e. The van der Waals surface area contributed by atoms with Gasteiger partial charge in [-0.3, -0.25) is 4.79 Å². The molecule has 112 valence electrons. The zero-order valence-electron chi connectivity index (χ0n) is 12.2. The molecule has 20 heavy (non-hydrogen) atoms. The molecule has 4 heteroatoms. The maximum atomic E-state index is 12.7. The Labute approximate surface area is 119 Å². The fraction of sp³-hybridized carbons (Fsp3) is 0.938. The quantitative estimate of drug-likeness (QED) is 0.786. The molecule has 0 unspecified atom stereocenters. The number of aliphatic hydroxyl groups excluding tert-OH is 1. The molecule has 3 aliphatic carbocycles. The van der Waals surface area contributed by atoms with E-state index in [-0.39, 0.29) is 18.2 Å². The van der Waals surface area contributed by atoms with E-state index in [9.17, 15) is 9.90 Å². The number of hydrogen-bond acceptors (Lipinski definition) is 4. The second-order valence-electron chi connectivity index (χ2n) is 7.39. The first-order valence-electron chi connectivity index (χ1n) is 8.02. The third-order valence-corrected chi connectivity index (χ3v) is 6.80. The van der Waals surface area contributed by atoms with Gasteiger partial charge < -0.3 is 14.6 Å². The summed E-state index contributed by atoms with van der Waals surface area (Å²) in [5.41, 5.74) is -1.32. The van der Waals surface area contributed by atoms with E-state index in [4.69, 9.17) is 9.47 Å². The molecule has 1 heterocycles. The maximum Gasteiger partial charge on any atom is 0.314 e. The highest BCUT2D eigenvalue weighted by atomic mass is 16.6. The van der Waals surface area contributed by atoms with Crippen molar-refractivity contribution in [3.63, 3.8) is 0 Å². The number of hydrogen-bond donors (Lipinski definition) is 1. The van der Waals surface area contributed by atoms with E-state index in [1.54, 1.807) is 0 Å². The van der Waals surface area contributed by atoms with Crippen LogP contribution in [-0.4, -0.2) is 36.0 Å². The van der Waals surface area contributed by atoms with Gasteiger partial charge in [-0.15, -0.1) is 0 Å². The standard InChI is InChI=1S/C16H24O4/c1-19-13(18)15-8-2-7-14(9-15,10-17)20-16(15)11-3-4-12(16)6-5-11/h11-12,17H,2-10H2,1H3/t11?,12?,14-,15+,16?/m0/s1. The van der Waals surface area contributed by atoms with Crippen LogP contribution in [0.5, 0.6) is 0 Å². The summed E-state index contributed by atoms with van der Waals surface area (Å²) in [6.07, 6.45) is 8.05. The Kier molecular flexibility index (Phi) is 2.60. The molecule has 0 aromatic rings. The summed E-state index contributed by atoms with van der Waals surface area (Å²) >= 11 is 0. The number of aliphatic hydroxyl groups is 1. The molecular formula is C16H24O4. The van der Waals surface area contributed by atoms with Crippen LogP contribution in [0.3, 0.4) is 0 Å². The second-order valence-corrected chi connectivity index (χ2v) is 7.39. The summed E-state index contributed by atoms with van der Waals surface area (Å²) in [6.45, 7) is 0.0347. The van der Waals surface area contributed by atoms with Gasteiger partial charge >= 0.3 is 5.97 Å². The number of fused-ring (bicyclic) bond motifs is 2. The average Bonchev–Trinajstić information content (AvgIpc) is 3.08. The van der Waals surface area contributed by atoms with Crippen molar-refractivity contribution in [3.05, 3.63) is 0 Å². The van der Waals surface area contributed by atoms with Gasteiger partial charge in [-0.2, -0.15) is 0 Å². The number of ether oxygens (including phenoxy) is 2. The fourth-order valence-corrected chi connectivity index (χ4v) is 6.24. The minimum Gasteiger partial charge on any atom is -0.469 e. The Morgan fingerprint density at radius 3 is 2.45 bits per heavy atom. The molecule has 1 spiro atoms. The van der Waals surface area contributed by atoms with Gasteiger partial charge in [-0.05, 0) is 63.2 Å². The van der Waals surface area contributed by atoms with Crippen LogP contribution < -0.4 is 0 Å². The van der Waals surface area contributed by atoms with Gasteiger partial charge in [0.05, 0.1) is 24.9 Å². The van der Waals surface area contributed by atoms with Crippen molar-refractivity contribution in [1.82, 2.24) is 0 Å². The van der Waals surface area contributed by atoms with E-state index in [0.29, 0.717) is 18.3 Å². The van der Waals surface area contributed by atoms with Gasteiger partial charge in [0, 0.05) is 0 Å². The lowest BCUT2D eigenvalue weighted by Gasteiger charge is -2.43.